The van der Waals surface area contributed by atoms with Crippen LogP contribution in [0.1, 0.15) is 31.9 Å². The molecule has 17 heavy (non-hydrogen) atoms. The largest absolute Gasteiger partial charge is 0.494 e. The number of ether oxygens (including phenoxy) is 2. The molecule has 1 rings (SSSR count). The predicted molar refractivity (Wildman–Crippen MR) is 65.8 cm³/mol. The Morgan fingerprint density at radius 3 is 2.41 bits per heavy atom. The summed E-state index contributed by atoms with van der Waals surface area (Å²) in [5, 5.41) is 0. The zero-order chi connectivity index (χ0) is 12.7. The highest BCUT2D eigenvalue weighted by atomic mass is 16.5. The van der Waals surface area contributed by atoms with E-state index in [2.05, 4.69) is 0 Å². The Morgan fingerprint density at radius 2 is 1.88 bits per heavy atom. The summed E-state index contributed by atoms with van der Waals surface area (Å²) >= 11 is 0. The van der Waals surface area contributed by atoms with Crippen LogP contribution in [0, 0.1) is 0 Å². The van der Waals surface area contributed by atoms with Crippen LogP contribution in [0.25, 0.3) is 0 Å². The molecule has 0 aliphatic rings. The highest BCUT2D eigenvalue weighted by molar-refractivity contribution is 5.70. The molecular formula is C13H19NO3. The third kappa shape index (κ3) is 4.44. The zero-order valence-corrected chi connectivity index (χ0v) is 10.3. The SMILES string of the molecule is CCOC(=O)CC(N)c1ccc(OCC)cc1. The van der Waals surface area contributed by atoms with Crippen molar-refractivity contribution < 1.29 is 14.3 Å². The number of esters is 1. The molecule has 4 heteroatoms. The minimum Gasteiger partial charge on any atom is -0.494 e. The molecule has 2 N–H and O–H groups in total. The van der Waals surface area contributed by atoms with Gasteiger partial charge in [0.15, 0.2) is 0 Å². The van der Waals surface area contributed by atoms with Crippen molar-refractivity contribution in [1.82, 2.24) is 0 Å². The van der Waals surface area contributed by atoms with E-state index in [9.17, 15) is 4.79 Å². The number of carbonyl (C=O) groups excluding carboxylic acids is 1. The number of rotatable bonds is 6. The summed E-state index contributed by atoms with van der Waals surface area (Å²) < 4.78 is 10.2. The van der Waals surface area contributed by atoms with Crippen LogP contribution in [-0.2, 0) is 9.53 Å². The summed E-state index contributed by atoms with van der Waals surface area (Å²) in [4.78, 5) is 11.3. The number of carbonyl (C=O) groups is 1. The Balaban J connectivity index is 2.56. The second kappa shape index (κ2) is 6.91. The standard InChI is InChI=1S/C13H19NO3/c1-3-16-11-7-5-10(6-8-11)12(14)9-13(15)17-4-2/h5-8,12H,3-4,9,14H2,1-2H3. The molecule has 0 radical (unpaired) electrons. The minimum absolute atomic E-state index is 0.196. The van der Waals surface area contributed by atoms with E-state index < -0.39 is 0 Å². The van der Waals surface area contributed by atoms with Crippen LogP contribution >= 0.6 is 0 Å². The molecule has 0 saturated heterocycles. The molecule has 0 bridgehead atoms. The van der Waals surface area contributed by atoms with Gasteiger partial charge in [-0.2, -0.15) is 0 Å². The molecule has 0 heterocycles. The monoisotopic (exact) mass is 237 g/mol. The number of nitrogens with two attached hydrogens (primary N) is 1. The number of hydrogen-bond donors (Lipinski definition) is 1. The van der Waals surface area contributed by atoms with Crippen LogP contribution in [0.15, 0.2) is 24.3 Å². The maximum atomic E-state index is 11.3. The molecular weight excluding hydrogens is 218 g/mol. The Morgan fingerprint density at radius 1 is 1.24 bits per heavy atom. The molecule has 1 atom stereocenters. The first-order valence-electron chi connectivity index (χ1n) is 5.81. The molecule has 0 aromatic heterocycles. The summed E-state index contributed by atoms with van der Waals surface area (Å²) in [6.45, 7) is 4.73. The first-order chi connectivity index (χ1) is 8.17. The average molecular weight is 237 g/mol. The summed E-state index contributed by atoms with van der Waals surface area (Å²) in [6, 6.07) is 7.11. The molecule has 94 valence electrons. The Kier molecular flexibility index (Phi) is 5.49. The summed E-state index contributed by atoms with van der Waals surface area (Å²) in [5.74, 6) is 0.536. The van der Waals surface area contributed by atoms with Gasteiger partial charge in [-0.3, -0.25) is 4.79 Å². The fourth-order valence-corrected chi connectivity index (χ4v) is 1.50. The second-order valence-electron chi connectivity index (χ2n) is 3.62. The average Bonchev–Trinajstić information content (AvgIpc) is 2.30. The molecule has 0 aliphatic carbocycles. The van der Waals surface area contributed by atoms with Crippen LogP contribution in [0.2, 0.25) is 0 Å². The van der Waals surface area contributed by atoms with E-state index in [1.54, 1.807) is 6.92 Å². The van der Waals surface area contributed by atoms with Gasteiger partial charge in [0.1, 0.15) is 5.75 Å². The van der Waals surface area contributed by atoms with Gasteiger partial charge in [0.05, 0.1) is 19.6 Å². The quantitative estimate of drug-likeness (QED) is 0.769. The van der Waals surface area contributed by atoms with E-state index in [-0.39, 0.29) is 18.4 Å². The van der Waals surface area contributed by atoms with Gasteiger partial charge in [0.2, 0.25) is 0 Å². The van der Waals surface area contributed by atoms with Crippen molar-refractivity contribution in [3.05, 3.63) is 29.8 Å². The lowest BCUT2D eigenvalue weighted by Crippen LogP contribution is -2.17. The van der Waals surface area contributed by atoms with Gasteiger partial charge >= 0.3 is 5.97 Å². The lowest BCUT2D eigenvalue weighted by Gasteiger charge is -2.12. The van der Waals surface area contributed by atoms with E-state index in [0.29, 0.717) is 13.2 Å². The molecule has 0 saturated carbocycles. The van der Waals surface area contributed by atoms with Crippen molar-refractivity contribution in [2.24, 2.45) is 5.73 Å². The van der Waals surface area contributed by atoms with Crippen molar-refractivity contribution in [1.29, 1.82) is 0 Å². The van der Waals surface area contributed by atoms with Crippen molar-refractivity contribution in [2.75, 3.05) is 13.2 Å². The van der Waals surface area contributed by atoms with Crippen LogP contribution in [-0.4, -0.2) is 19.2 Å². The van der Waals surface area contributed by atoms with Gasteiger partial charge in [-0.15, -0.1) is 0 Å². The molecule has 1 aromatic carbocycles. The molecule has 1 aromatic rings. The van der Waals surface area contributed by atoms with Crippen molar-refractivity contribution >= 4 is 5.97 Å². The van der Waals surface area contributed by atoms with Gasteiger partial charge in [0.25, 0.3) is 0 Å². The fraction of sp³-hybridized carbons (Fsp3) is 0.462. The van der Waals surface area contributed by atoms with Crippen LogP contribution < -0.4 is 10.5 Å². The minimum atomic E-state index is -0.329. The van der Waals surface area contributed by atoms with Crippen LogP contribution in [0.3, 0.4) is 0 Å². The molecule has 0 fully saturated rings. The predicted octanol–water partition coefficient (Wildman–Crippen LogP) is 2.04. The molecule has 0 spiro atoms. The summed E-state index contributed by atoms with van der Waals surface area (Å²) in [7, 11) is 0. The summed E-state index contributed by atoms with van der Waals surface area (Å²) in [6.07, 6.45) is 0.196. The third-order valence-corrected chi connectivity index (χ3v) is 2.31. The maximum absolute atomic E-state index is 11.3. The Bertz CT molecular complexity index is 348. The highest BCUT2D eigenvalue weighted by Gasteiger charge is 2.12. The molecule has 4 nitrogen and oxygen atoms in total. The van der Waals surface area contributed by atoms with E-state index in [0.717, 1.165) is 11.3 Å². The maximum Gasteiger partial charge on any atom is 0.307 e. The molecule has 1 unspecified atom stereocenters. The van der Waals surface area contributed by atoms with Crippen LogP contribution in [0.5, 0.6) is 5.75 Å². The lowest BCUT2D eigenvalue weighted by atomic mass is 10.0. The molecule has 0 aliphatic heterocycles. The van der Waals surface area contributed by atoms with Gasteiger partial charge in [-0.1, -0.05) is 12.1 Å². The van der Waals surface area contributed by atoms with Crippen molar-refractivity contribution in [3.8, 4) is 5.75 Å². The first kappa shape index (κ1) is 13.5. The molecule has 0 amide bonds. The Hall–Kier alpha value is -1.55. The van der Waals surface area contributed by atoms with E-state index in [4.69, 9.17) is 15.2 Å². The highest BCUT2D eigenvalue weighted by Crippen LogP contribution is 2.18. The third-order valence-electron chi connectivity index (χ3n) is 2.31. The fourth-order valence-electron chi connectivity index (χ4n) is 1.50. The van der Waals surface area contributed by atoms with Gasteiger partial charge in [0, 0.05) is 6.04 Å². The van der Waals surface area contributed by atoms with E-state index >= 15 is 0 Å². The summed E-state index contributed by atoms with van der Waals surface area (Å²) in [5.41, 5.74) is 6.81. The van der Waals surface area contributed by atoms with Gasteiger partial charge in [-0.25, -0.2) is 0 Å². The van der Waals surface area contributed by atoms with Gasteiger partial charge < -0.3 is 15.2 Å². The van der Waals surface area contributed by atoms with E-state index in [1.165, 1.54) is 0 Å². The van der Waals surface area contributed by atoms with Crippen LogP contribution in [0.4, 0.5) is 0 Å². The van der Waals surface area contributed by atoms with Crippen molar-refractivity contribution in [2.45, 2.75) is 26.3 Å². The van der Waals surface area contributed by atoms with Crippen molar-refractivity contribution in [3.63, 3.8) is 0 Å². The van der Waals surface area contributed by atoms with Gasteiger partial charge in [-0.05, 0) is 31.5 Å². The number of benzene rings is 1. The zero-order valence-electron chi connectivity index (χ0n) is 10.3. The Labute approximate surface area is 102 Å². The normalized spacial score (nSPS) is 11.9. The lowest BCUT2D eigenvalue weighted by molar-refractivity contribution is -0.143. The number of hydrogen-bond acceptors (Lipinski definition) is 4. The second-order valence-corrected chi connectivity index (χ2v) is 3.62. The first-order valence-corrected chi connectivity index (χ1v) is 5.81. The smallest absolute Gasteiger partial charge is 0.307 e. The topological polar surface area (TPSA) is 61.5 Å². The van der Waals surface area contributed by atoms with E-state index in [1.807, 2.05) is 31.2 Å².